The number of methoxy groups -OCH3 is 1. The average molecular weight is 470 g/mol. The predicted molar refractivity (Wildman–Crippen MR) is 128 cm³/mol. The first-order chi connectivity index (χ1) is 16.4. The van der Waals surface area contributed by atoms with Crippen molar-refractivity contribution < 1.29 is 23.9 Å². The fourth-order valence-corrected chi connectivity index (χ4v) is 4.49. The van der Waals surface area contributed by atoms with Crippen LogP contribution >= 0.6 is 0 Å². The molecule has 184 valence electrons. The molecule has 1 aromatic carbocycles. The van der Waals surface area contributed by atoms with E-state index in [1.165, 1.54) is 9.80 Å². The molecule has 1 saturated heterocycles. The van der Waals surface area contributed by atoms with Crippen molar-refractivity contribution in [1.82, 2.24) is 15.1 Å². The molecule has 8 nitrogen and oxygen atoms in total. The van der Waals surface area contributed by atoms with Gasteiger partial charge >= 0.3 is 0 Å². The van der Waals surface area contributed by atoms with Gasteiger partial charge in [0.15, 0.2) is 0 Å². The third-order valence-corrected chi connectivity index (χ3v) is 6.66. The monoisotopic (exact) mass is 469 g/mol. The number of imide groups is 1. The summed E-state index contributed by atoms with van der Waals surface area (Å²) in [5, 5.41) is 2.89. The van der Waals surface area contributed by atoms with Crippen LogP contribution in [-0.2, 0) is 25.7 Å². The van der Waals surface area contributed by atoms with Crippen molar-refractivity contribution in [2.45, 2.75) is 58.5 Å². The number of rotatable bonds is 11. The normalized spacial score (nSPS) is 20.1. The van der Waals surface area contributed by atoms with E-state index >= 15 is 0 Å². The molecule has 34 heavy (non-hydrogen) atoms. The summed E-state index contributed by atoms with van der Waals surface area (Å²) in [6.07, 6.45) is 6.82. The molecule has 3 atom stereocenters. The lowest BCUT2D eigenvalue weighted by atomic mass is 9.85. The van der Waals surface area contributed by atoms with Crippen LogP contribution in [0.15, 0.2) is 36.4 Å². The van der Waals surface area contributed by atoms with E-state index in [1.807, 2.05) is 31.2 Å². The quantitative estimate of drug-likeness (QED) is 0.305. The van der Waals surface area contributed by atoms with Crippen molar-refractivity contribution >= 4 is 23.6 Å². The van der Waals surface area contributed by atoms with Gasteiger partial charge in [0.1, 0.15) is 11.8 Å². The summed E-state index contributed by atoms with van der Waals surface area (Å²) >= 11 is 0. The number of nitrogens with one attached hydrogen (secondary N) is 1. The molecule has 3 rings (SSSR count). The zero-order valence-corrected chi connectivity index (χ0v) is 20.3. The van der Waals surface area contributed by atoms with E-state index in [-0.39, 0.29) is 55.0 Å². The van der Waals surface area contributed by atoms with Crippen molar-refractivity contribution in [2.75, 3.05) is 20.2 Å². The first-order valence-corrected chi connectivity index (χ1v) is 12.1. The van der Waals surface area contributed by atoms with Gasteiger partial charge in [-0.15, -0.1) is 0 Å². The minimum atomic E-state index is -0.691. The Morgan fingerprint density at radius 1 is 1.12 bits per heavy atom. The second-order valence-corrected chi connectivity index (χ2v) is 8.92. The maximum Gasteiger partial charge on any atom is 0.242 e. The van der Waals surface area contributed by atoms with E-state index in [0.717, 1.165) is 18.4 Å². The van der Waals surface area contributed by atoms with Gasteiger partial charge in [0.05, 0.1) is 18.9 Å². The molecule has 0 saturated carbocycles. The Morgan fingerprint density at radius 3 is 2.29 bits per heavy atom. The number of amides is 4. The van der Waals surface area contributed by atoms with Crippen LogP contribution in [0.1, 0.15) is 51.5 Å². The standard InChI is InChI=1S/C26H35N3O5/c1-4-5-15-27-24(31)18(2)29(17-19-10-12-20(34-3)13-11-19)23(30)14-16-28-25(32)21-8-6-7-9-22(21)26(28)33/h6-7,10-13,18,21-22H,4-5,8-9,14-17H2,1-3H3,(H,27,31)/t18?,21-,22+. The number of allylic oxidation sites excluding steroid dienone is 2. The highest BCUT2D eigenvalue weighted by Gasteiger charge is 2.47. The zero-order valence-electron chi connectivity index (χ0n) is 20.3. The van der Waals surface area contributed by atoms with E-state index < -0.39 is 6.04 Å². The van der Waals surface area contributed by atoms with Crippen LogP contribution in [-0.4, -0.2) is 59.7 Å². The fraction of sp³-hybridized carbons (Fsp3) is 0.538. The van der Waals surface area contributed by atoms with Gasteiger partial charge in [-0.25, -0.2) is 0 Å². The Balaban J connectivity index is 1.69. The lowest BCUT2D eigenvalue weighted by molar-refractivity contribution is -0.143. The van der Waals surface area contributed by atoms with Gasteiger partial charge < -0.3 is 15.0 Å². The summed E-state index contributed by atoms with van der Waals surface area (Å²) in [7, 11) is 1.58. The SMILES string of the molecule is CCCCNC(=O)C(C)N(Cc1ccc(OC)cc1)C(=O)CCN1C(=O)[C@H]2CC=CC[C@H]2C1=O. The molecule has 1 heterocycles. The average Bonchev–Trinajstić information content (AvgIpc) is 3.10. The Labute approximate surface area is 201 Å². The smallest absolute Gasteiger partial charge is 0.242 e. The number of likely N-dealkylation sites (tertiary alicyclic amines) is 1. The van der Waals surface area contributed by atoms with Crippen LogP contribution in [0.25, 0.3) is 0 Å². The van der Waals surface area contributed by atoms with E-state index in [2.05, 4.69) is 5.32 Å². The molecule has 0 aromatic heterocycles. The number of benzene rings is 1. The van der Waals surface area contributed by atoms with Crippen LogP contribution < -0.4 is 10.1 Å². The molecule has 4 amide bonds. The number of hydrogen-bond acceptors (Lipinski definition) is 5. The minimum Gasteiger partial charge on any atom is -0.497 e. The van der Waals surface area contributed by atoms with Crippen molar-refractivity contribution in [3.63, 3.8) is 0 Å². The summed E-state index contributed by atoms with van der Waals surface area (Å²) in [5.41, 5.74) is 0.854. The molecule has 1 unspecified atom stereocenters. The van der Waals surface area contributed by atoms with Gasteiger partial charge in [-0.3, -0.25) is 24.1 Å². The van der Waals surface area contributed by atoms with Gasteiger partial charge in [0.2, 0.25) is 23.6 Å². The lowest BCUT2D eigenvalue weighted by Gasteiger charge is -2.29. The van der Waals surface area contributed by atoms with Gasteiger partial charge in [-0.05, 0) is 43.9 Å². The number of carbonyl (C=O) groups excluding carboxylic acids is 4. The third-order valence-electron chi connectivity index (χ3n) is 6.66. The predicted octanol–water partition coefficient (Wildman–Crippen LogP) is 2.67. The van der Waals surface area contributed by atoms with Crippen molar-refractivity contribution in [3.05, 3.63) is 42.0 Å². The third kappa shape index (κ3) is 5.85. The summed E-state index contributed by atoms with van der Waals surface area (Å²) in [5.74, 6) is -0.812. The van der Waals surface area contributed by atoms with Crippen LogP contribution in [0.2, 0.25) is 0 Å². The highest BCUT2D eigenvalue weighted by atomic mass is 16.5. The van der Waals surface area contributed by atoms with Crippen LogP contribution in [0.5, 0.6) is 5.75 Å². The topological polar surface area (TPSA) is 96.0 Å². The van der Waals surface area contributed by atoms with Crippen LogP contribution in [0.3, 0.4) is 0 Å². The molecule has 8 heteroatoms. The number of hydrogen-bond donors (Lipinski definition) is 1. The van der Waals surface area contributed by atoms with E-state index in [4.69, 9.17) is 4.74 Å². The molecule has 2 aliphatic rings. The van der Waals surface area contributed by atoms with Gasteiger partial charge in [-0.1, -0.05) is 37.6 Å². The maximum absolute atomic E-state index is 13.3. The van der Waals surface area contributed by atoms with E-state index in [9.17, 15) is 19.2 Å². The van der Waals surface area contributed by atoms with Crippen LogP contribution in [0.4, 0.5) is 0 Å². The highest BCUT2D eigenvalue weighted by molar-refractivity contribution is 6.05. The van der Waals surface area contributed by atoms with Gasteiger partial charge in [0, 0.05) is 26.1 Å². The summed E-state index contributed by atoms with van der Waals surface area (Å²) in [6, 6.07) is 6.63. The summed E-state index contributed by atoms with van der Waals surface area (Å²) in [4.78, 5) is 54.3. The molecule has 1 N–H and O–H groups in total. The zero-order chi connectivity index (χ0) is 24.7. The number of nitrogens with zero attached hydrogens (tertiary/aromatic N) is 2. The van der Waals surface area contributed by atoms with E-state index in [1.54, 1.807) is 26.2 Å². The van der Waals surface area contributed by atoms with E-state index in [0.29, 0.717) is 25.1 Å². The van der Waals surface area contributed by atoms with Crippen molar-refractivity contribution in [3.8, 4) is 5.75 Å². The second-order valence-electron chi connectivity index (χ2n) is 8.92. The fourth-order valence-electron chi connectivity index (χ4n) is 4.49. The van der Waals surface area contributed by atoms with Gasteiger partial charge in [0.25, 0.3) is 0 Å². The highest BCUT2D eigenvalue weighted by Crippen LogP contribution is 2.35. The molecule has 1 aliphatic heterocycles. The first kappa shape index (κ1) is 25.5. The molecule has 1 aliphatic carbocycles. The Kier molecular flexibility index (Phi) is 8.85. The minimum absolute atomic E-state index is 0.0208. The first-order valence-electron chi connectivity index (χ1n) is 12.1. The lowest BCUT2D eigenvalue weighted by Crippen LogP contribution is -2.48. The molecule has 1 fully saturated rings. The van der Waals surface area contributed by atoms with Crippen molar-refractivity contribution in [2.24, 2.45) is 11.8 Å². The maximum atomic E-state index is 13.3. The van der Waals surface area contributed by atoms with Crippen molar-refractivity contribution in [1.29, 1.82) is 0 Å². The molecule has 0 bridgehead atoms. The second kappa shape index (κ2) is 11.8. The molecule has 0 spiro atoms. The Bertz CT molecular complexity index is 901. The number of ether oxygens (including phenoxy) is 1. The number of unbranched alkanes of at least 4 members (excludes halogenated alkanes) is 1. The number of carbonyl (C=O) groups is 4. The van der Waals surface area contributed by atoms with Gasteiger partial charge in [-0.2, -0.15) is 0 Å². The molecular formula is C26H35N3O5. The molecule has 1 aromatic rings. The Morgan fingerprint density at radius 2 is 1.74 bits per heavy atom. The summed E-state index contributed by atoms with van der Waals surface area (Å²) < 4.78 is 5.20. The Hall–Kier alpha value is -3.16. The summed E-state index contributed by atoms with van der Waals surface area (Å²) in [6.45, 7) is 4.57. The molecule has 0 radical (unpaired) electrons. The molecular weight excluding hydrogens is 434 g/mol. The van der Waals surface area contributed by atoms with Crippen LogP contribution in [0, 0.1) is 11.8 Å². The largest absolute Gasteiger partial charge is 0.497 e. The number of fused-ring (bicyclic) bond motifs is 1.